The smallest absolute Gasteiger partial charge is 0.257 e. The first-order valence-corrected chi connectivity index (χ1v) is 8.53. The van der Waals surface area contributed by atoms with E-state index in [1.165, 1.54) is 6.20 Å². The Morgan fingerprint density at radius 1 is 0.857 bits per heavy atom. The van der Waals surface area contributed by atoms with E-state index in [9.17, 15) is 4.79 Å². The van der Waals surface area contributed by atoms with Crippen molar-refractivity contribution >= 4 is 23.1 Å². The Balaban J connectivity index is 1.69. The van der Waals surface area contributed by atoms with Crippen LogP contribution in [-0.2, 0) is 0 Å². The third-order valence-electron chi connectivity index (χ3n) is 4.04. The Kier molecular flexibility index (Phi) is 5.96. The monoisotopic (exact) mass is 379 g/mol. The lowest BCUT2D eigenvalue weighted by atomic mass is 10.2. The maximum atomic E-state index is 12.5. The van der Waals surface area contributed by atoms with Crippen LogP contribution in [0.2, 0.25) is 0 Å². The van der Waals surface area contributed by atoms with Crippen LogP contribution in [0.1, 0.15) is 10.4 Å². The Bertz CT molecular complexity index is 941. The molecular weight excluding hydrogens is 358 g/mol. The van der Waals surface area contributed by atoms with Gasteiger partial charge in [0.15, 0.2) is 0 Å². The molecule has 3 aromatic rings. The minimum atomic E-state index is -0.296. The molecule has 3 rings (SSSR count). The summed E-state index contributed by atoms with van der Waals surface area (Å²) in [5.41, 5.74) is 1.81. The van der Waals surface area contributed by atoms with E-state index in [4.69, 9.17) is 14.2 Å². The average molecular weight is 379 g/mol. The molecule has 2 N–H and O–H groups in total. The molecule has 0 spiro atoms. The van der Waals surface area contributed by atoms with Crippen molar-refractivity contribution in [3.63, 3.8) is 0 Å². The van der Waals surface area contributed by atoms with Crippen molar-refractivity contribution < 1.29 is 19.0 Å². The second-order valence-corrected chi connectivity index (χ2v) is 5.81. The van der Waals surface area contributed by atoms with Crippen LogP contribution in [0.5, 0.6) is 17.2 Å². The lowest BCUT2D eigenvalue weighted by Gasteiger charge is -2.12. The van der Waals surface area contributed by atoms with Crippen molar-refractivity contribution in [3.05, 3.63) is 66.4 Å². The molecular formula is C21H21N3O4. The summed E-state index contributed by atoms with van der Waals surface area (Å²) >= 11 is 0. The molecule has 0 aliphatic rings. The first kappa shape index (κ1) is 19.0. The van der Waals surface area contributed by atoms with Crippen molar-refractivity contribution in [2.24, 2.45) is 0 Å². The third-order valence-corrected chi connectivity index (χ3v) is 4.04. The third kappa shape index (κ3) is 4.50. The van der Waals surface area contributed by atoms with Crippen molar-refractivity contribution in [3.8, 4) is 17.2 Å². The number of hydrogen-bond donors (Lipinski definition) is 2. The van der Waals surface area contributed by atoms with Crippen molar-refractivity contribution in [1.29, 1.82) is 0 Å². The largest absolute Gasteiger partial charge is 0.497 e. The van der Waals surface area contributed by atoms with E-state index in [2.05, 4.69) is 15.6 Å². The number of nitrogens with one attached hydrogen (secondary N) is 2. The fraction of sp³-hybridized carbons (Fsp3) is 0.143. The number of aromatic nitrogens is 1. The van der Waals surface area contributed by atoms with Crippen LogP contribution in [0.3, 0.4) is 0 Å². The zero-order chi connectivity index (χ0) is 19.9. The molecule has 28 heavy (non-hydrogen) atoms. The number of rotatable bonds is 7. The average Bonchev–Trinajstić information content (AvgIpc) is 2.74. The second kappa shape index (κ2) is 8.77. The molecule has 0 unspecified atom stereocenters. The van der Waals surface area contributed by atoms with Gasteiger partial charge in [-0.3, -0.25) is 4.79 Å². The zero-order valence-electron chi connectivity index (χ0n) is 15.9. The summed E-state index contributed by atoms with van der Waals surface area (Å²) in [5.74, 6) is 2.27. The highest BCUT2D eigenvalue weighted by atomic mass is 16.5. The van der Waals surface area contributed by atoms with Gasteiger partial charge in [0.05, 0.1) is 32.6 Å². The minimum Gasteiger partial charge on any atom is -0.497 e. The Labute approximate surface area is 163 Å². The SMILES string of the molecule is COc1ccc(Nc2ccc(C(=O)Nc3cc(OC)ccc3OC)cn2)cc1. The fourth-order valence-electron chi connectivity index (χ4n) is 2.53. The van der Waals surface area contributed by atoms with Crippen LogP contribution in [0, 0.1) is 0 Å². The first-order chi connectivity index (χ1) is 13.6. The molecule has 1 heterocycles. The Morgan fingerprint density at radius 3 is 2.18 bits per heavy atom. The standard InChI is InChI=1S/C21H21N3O4/c1-26-16-7-5-15(6-8-16)23-20-11-4-14(13-22-20)21(25)24-18-12-17(27-2)9-10-19(18)28-3/h4-13H,1-3H3,(H,22,23)(H,24,25). The first-order valence-electron chi connectivity index (χ1n) is 8.53. The molecule has 144 valence electrons. The van der Waals surface area contributed by atoms with Gasteiger partial charge in [-0.25, -0.2) is 4.98 Å². The maximum Gasteiger partial charge on any atom is 0.257 e. The van der Waals surface area contributed by atoms with E-state index in [1.807, 2.05) is 24.3 Å². The number of benzene rings is 2. The molecule has 7 nitrogen and oxygen atoms in total. The summed E-state index contributed by atoms with van der Waals surface area (Å²) in [6.45, 7) is 0. The molecule has 0 radical (unpaired) electrons. The van der Waals surface area contributed by atoms with E-state index in [0.29, 0.717) is 28.6 Å². The van der Waals surface area contributed by atoms with Gasteiger partial charge in [-0.2, -0.15) is 0 Å². The quantitative estimate of drug-likeness (QED) is 0.643. The van der Waals surface area contributed by atoms with E-state index in [0.717, 1.165) is 11.4 Å². The van der Waals surface area contributed by atoms with Crippen LogP contribution < -0.4 is 24.8 Å². The Hall–Kier alpha value is -3.74. The zero-order valence-corrected chi connectivity index (χ0v) is 15.9. The molecule has 0 bridgehead atoms. The van der Waals surface area contributed by atoms with Gasteiger partial charge in [0, 0.05) is 18.0 Å². The van der Waals surface area contributed by atoms with E-state index in [1.54, 1.807) is 51.7 Å². The molecule has 7 heteroatoms. The van der Waals surface area contributed by atoms with Gasteiger partial charge in [-0.1, -0.05) is 0 Å². The number of hydrogen-bond acceptors (Lipinski definition) is 6. The molecule has 1 amide bonds. The normalized spacial score (nSPS) is 10.1. The highest BCUT2D eigenvalue weighted by molar-refractivity contribution is 6.05. The summed E-state index contributed by atoms with van der Waals surface area (Å²) < 4.78 is 15.6. The fourth-order valence-corrected chi connectivity index (χ4v) is 2.53. The highest BCUT2D eigenvalue weighted by Crippen LogP contribution is 2.29. The second-order valence-electron chi connectivity index (χ2n) is 5.81. The predicted molar refractivity (Wildman–Crippen MR) is 108 cm³/mol. The van der Waals surface area contributed by atoms with Crippen molar-refractivity contribution in [1.82, 2.24) is 4.98 Å². The molecule has 0 saturated heterocycles. The van der Waals surface area contributed by atoms with Crippen LogP contribution in [0.25, 0.3) is 0 Å². The van der Waals surface area contributed by atoms with Gasteiger partial charge in [0.25, 0.3) is 5.91 Å². The molecule has 0 aliphatic heterocycles. The van der Waals surface area contributed by atoms with Gasteiger partial charge in [0.2, 0.25) is 0 Å². The summed E-state index contributed by atoms with van der Waals surface area (Å²) in [6, 6.07) is 16.1. The number of amides is 1. The van der Waals surface area contributed by atoms with Crippen LogP contribution >= 0.6 is 0 Å². The maximum absolute atomic E-state index is 12.5. The van der Waals surface area contributed by atoms with Gasteiger partial charge in [-0.05, 0) is 48.5 Å². The van der Waals surface area contributed by atoms with Crippen LogP contribution in [0.15, 0.2) is 60.8 Å². The molecule has 0 saturated carbocycles. The number of nitrogens with zero attached hydrogens (tertiary/aromatic N) is 1. The number of anilines is 3. The van der Waals surface area contributed by atoms with E-state index >= 15 is 0 Å². The number of methoxy groups -OCH3 is 3. The van der Waals surface area contributed by atoms with Crippen molar-refractivity contribution in [2.45, 2.75) is 0 Å². The van der Waals surface area contributed by atoms with Gasteiger partial charge in [0.1, 0.15) is 23.1 Å². The van der Waals surface area contributed by atoms with Gasteiger partial charge < -0.3 is 24.8 Å². The molecule has 0 aliphatic carbocycles. The van der Waals surface area contributed by atoms with E-state index in [-0.39, 0.29) is 5.91 Å². The van der Waals surface area contributed by atoms with E-state index < -0.39 is 0 Å². The lowest BCUT2D eigenvalue weighted by molar-refractivity contribution is 0.102. The number of carbonyl (C=O) groups is 1. The minimum absolute atomic E-state index is 0.296. The summed E-state index contributed by atoms with van der Waals surface area (Å²) in [5, 5.41) is 5.99. The highest BCUT2D eigenvalue weighted by Gasteiger charge is 2.11. The summed E-state index contributed by atoms with van der Waals surface area (Å²) in [7, 11) is 4.72. The number of carbonyl (C=O) groups excluding carboxylic acids is 1. The molecule has 2 aromatic carbocycles. The molecule has 0 atom stereocenters. The van der Waals surface area contributed by atoms with Crippen LogP contribution in [0.4, 0.5) is 17.2 Å². The number of ether oxygens (including phenoxy) is 3. The van der Waals surface area contributed by atoms with Crippen molar-refractivity contribution in [2.75, 3.05) is 32.0 Å². The van der Waals surface area contributed by atoms with Gasteiger partial charge >= 0.3 is 0 Å². The van der Waals surface area contributed by atoms with Crippen LogP contribution in [-0.4, -0.2) is 32.2 Å². The van der Waals surface area contributed by atoms with Gasteiger partial charge in [-0.15, -0.1) is 0 Å². The summed E-state index contributed by atoms with van der Waals surface area (Å²) in [4.78, 5) is 16.8. The predicted octanol–water partition coefficient (Wildman–Crippen LogP) is 4.10. The molecule has 0 fully saturated rings. The summed E-state index contributed by atoms with van der Waals surface area (Å²) in [6.07, 6.45) is 1.51. The topological polar surface area (TPSA) is 81.7 Å². The lowest BCUT2D eigenvalue weighted by Crippen LogP contribution is -2.13. The Morgan fingerprint density at radius 2 is 1.57 bits per heavy atom. The molecule has 1 aromatic heterocycles. The number of pyridine rings is 1.